The number of carbonyl (C=O) groups is 1. The van der Waals surface area contributed by atoms with Gasteiger partial charge in [0.05, 0.1) is 0 Å². The second-order valence-corrected chi connectivity index (χ2v) is 5.62. The molecule has 3 rings (SSSR count). The smallest absolute Gasteiger partial charge is 0.230 e. The first-order chi connectivity index (χ1) is 8.59. The van der Waals surface area contributed by atoms with Gasteiger partial charge in [-0.15, -0.1) is 0 Å². The molecule has 0 saturated carbocycles. The Morgan fingerprint density at radius 3 is 2.83 bits per heavy atom. The van der Waals surface area contributed by atoms with Gasteiger partial charge in [0.25, 0.3) is 0 Å². The van der Waals surface area contributed by atoms with E-state index in [0.29, 0.717) is 11.8 Å². The van der Waals surface area contributed by atoms with Gasteiger partial charge >= 0.3 is 0 Å². The Balaban J connectivity index is 2.18. The molecule has 1 aromatic rings. The third kappa shape index (κ3) is 1.57. The molecule has 3 heteroatoms. The number of hydrogen-bond acceptors (Lipinski definition) is 2. The second kappa shape index (κ2) is 4.09. The lowest BCUT2D eigenvalue weighted by molar-refractivity contribution is -0.123. The van der Waals surface area contributed by atoms with Crippen LogP contribution in [-0.4, -0.2) is 26.0 Å². The highest BCUT2D eigenvalue weighted by molar-refractivity contribution is 5.99. The Labute approximate surface area is 108 Å². The number of nitrogens with zero attached hydrogens (tertiary/aromatic N) is 1. The van der Waals surface area contributed by atoms with E-state index in [4.69, 9.17) is 0 Å². The highest BCUT2D eigenvalue weighted by atomic mass is 16.2. The van der Waals surface area contributed by atoms with Crippen LogP contribution in [0.2, 0.25) is 0 Å². The first kappa shape index (κ1) is 11.7. The molecular formula is C15H20N2O. The molecule has 1 saturated heterocycles. The van der Waals surface area contributed by atoms with Gasteiger partial charge in [-0.05, 0) is 49.6 Å². The van der Waals surface area contributed by atoms with Crippen LogP contribution in [0.15, 0.2) is 12.1 Å². The summed E-state index contributed by atoms with van der Waals surface area (Å²) in [6.07, 6.45) is 0.959. The summed E-state index contributed by atoms with van der Waals surface area (Å²) in [7, 11) is 1.91. The molecule has 3 nitrogen and oxygen atoms in total. The normalized spacial score (nSPS) is 26.8. The number of piperidine rings is 1. The largest absolute Gasteiger partial charge is 0.316 e. The van der Waals surface area contributed by atoms with Crippen molar-refractivity contribution < 1.29 is 4.79 Å². The maximum Gasteiger partial charge on any atom is 0.230 e. The molecule has 2 aliphatic rings. The van der Waals surface area contributed by atoms with Gasteiger partial charge in [0, 0.05) is 31.1 Å². The van der Waals surface area contributed by atoms with Crippen LogP contribution in [0.3, 0.4) is 0 Å². The topological polar surface area (TPSA) is 32.3 Å². The Bertz CT molecular complexity index is 509. The number of nitrogens with one attached hydrogen (secondary N) is 1. The summed E-state index contributed by atoms with van der Waals surface area (Å²) < 4.78 is 0. The van der Waals surface area contributed by atoms with Crippen LogP contribution in [0.25, 0.3) is 0 Å². The summed E-state index contributed by atoms with van der Waals surface area (Å²) in [5, 5.41) is 3.43. The molecule has 1 amide bonds. The van der Waals surface area contributed by atoms with Crippen molar-refractivity contribution in [2.24, 2.45) is 5.92 Å². The van der Waals surface area contributed by atoms with Crippen molar-refractivity contribution in [2.45, 2.75) is 26.2 Å². The van der Waals surface area contributed by atoms with Crippen LogP contribution in [0, 0.1) is 19.8 Å². The lowest BCUT2D eigenvalue weighted by Crippen LogP contribution is -2.48. The molecule has 0 radical (unpaired) electrons. The highest BCUT2D eigenvalue weighted by Crippen LogP contribution is 2.43. The predicted octanol–water partition coefficient (Wildman–Crippen LogP) is 1.97. The fourth-order valence-corrected chi connectivity index (χ4v) is 3.54. The van der Waals surface area contributed by atoms with Crippen LogP contribution < -0.4 is 10.2 Å². The van der Waals surface area contributed by atoms with E-state index >= 15 is 0 Å². The highest BCUT2D eigenvalue weighted by Gasteiger charge is 2.40. The number of carbonyl (C=O) groups excluding carboxylic acids is 1. The third-order valence-corrected chi connectivity index (χ3v) is 4.37. The van der Waals surface area contributed by atoms with Crippen molar-refractivity contribution in [1.82, 2.24) is 5.32 Å². The molecule has 2 atom stereocenters. The molecule has 0 bridgehead atoms. The molecule has 2 heterocycles. The van der Waals surface area contributed by atoms with Gasteiger partial charge in [-0.3, -0.25) is 4.79 Å². The Kier molecular flexibility index (Phi) is 2.67. The van der Waals surface area contributed by atoms with E-state index in [1.807, 2.05) is 11.9 Å². The molecule has 96 valence electrons. The summed E-state index contributed by atoms with van der Waals surface area (Å²) in [5.74, 6) is 0.821. The molecule has 2 aliphatic heterocycles. The molecule has 1 N–H and O–H groups in total. The second-order valence-electron chi connectivity index (χ2n) is 5.62. The van der Waals surface area contributed by atoms with E-state index in [1.165, 1.54) is 16.7 Å². The number of benzene rings is 1. The summed E-state index contributed by atoms with van der Waals surface area (Å²) in [5.41, 5.74) is 5.04. The number of amides is 1. The monoisotopic (exact) mass is 244 g/mol. The van der Waals surface area contributed by atoms with Gasteiger partial charge in [-0.25, -0.2) is 0 Å². The summed E-state index contributed by atoms with van der Waals surface area (Å²) >= 11 is 0. The number of fused-ring (bicyclic) bond motifs is 3. The van der Waals surface area contributed by atoms with Crippen molar-refractivity contribution in [3.8, 4) is 0 Å². The number of rotatable bonds is 0. The van der Waals surface area contributed by atoms with Crippen molar-refractivity contribution in [3.63, 3.8) is 0 Å². The molecule has 18 heavy (non-hydrogen) atoms. The minimum atomic E-state index is 0.171. The molecule has 1 fully saturated rings. The average molecular weight is 244 g/mol. The molecule has 1 aromatic carbocycles. The maximum absolute atomic E-state index is 12.4. The zero-order chi connectivity index (χ0) is 12.9. The maximum atomic E-state index is 12.4. The van der Waals surface area contributed by atoms with Crippen molar-refractivity contribution in [3.05, 3.63) is 28.8 Å². The molecular weight excluding hydrogens is 224 g/mol. The lowest BCUT2D eigenvalue weighted by atomic mass is 9.75. The molecule has 2 unspecified atom stereocenters. The van der Waals surface area contributed by atoms with Crippen molar-refractivity contribution >= 4 is 11.6 Å². The van der Waals surface area contributed by atoms with E-state index in [2.05, 4.69) is 31.3 Å². The average Bonchev–Trinajstić information content (AvgIpc) is 2.35. The quantitative estimate of drug-likeness (QED) is 0.757. The molecule has 0 aliphatic carbocycles. The molecule has 0 aromatic heterocycles. The van der Waals surface area contributed by atoms with Crippen LogP contribution in [-0.2, 0) is 4.79 Å². The van der Waals surface area contributed by atoms with Gasteiger partial charge < -0.3 is 10.2 Å². The Hall–Kier alpha value is -1.35. The van der Waals surface area contributed by atoms with E-state index in [9.17, 15) is 4.79 Å². The zero-order valence-electron chi connectivity index (χ0n) is 11.3. The predicted molar refractivity (Wildman–Crippen MR) is 73.0 cm³/mol. The van der Waals surface area contributed by atoms with Gasteiger partial charge in [0.2, 0.25) is 5.91 Å². The third-order valence-electron chi connectivity index (χ3n) is 4.37. The fourth-order valence-electron chi connectivity index (χ4n) is 3.54. The van der Waals surface area contributed by atoms with Gasteiger partial charge in [0.1, 0.15) is 0 Å². The van der Waals surface area contributed by atoms with Gasteiger partial charge in [0.15, 0.2) is 0 Å². The first-order valence-electron chi connectivity index (χ1n) is 6.69. The van der Waals surface area contributed by atoms with Crippen LogP contribution in [0.4, 0.5) is 5.69 Å². The van der Waals surface area contributed by atoms with Crippen LogP contribution >= 0.6 is 0 Å². The number of hydrogen-bond donors (Lipinski definition) is 1. The molecule has 0 spiro atoms. The van der Waals surface area contributed by atoms with Crippen LogP contribution in [0.1, 0.15) is 29.0 Å². The Morgan fingerprint density at radius 1 is 1.28 bits per heavy atom. The van der Waals surface area contributed by atoms with Gasteiger partial charge in [-0.1, -0.05) is 6.07 Å². The fraction of sp³-hybridized carbons (Fsp3) is 0.533. The minimum Gasteiger partial charge on any atom is -0.316 e. The van der Waals surface area contributed by atoms with E-state index in [0.717, 1.165) is 25.2 Å². The van der Waals surface area contributed by atoms with Crippen molar-refractivity contribution in [2.75, 3.05) is 25.0 Å². The summed E-state index contributed by atoms with van der Waals surface area (Å²) in [4.78, 5) is 14.3. The summed E-state index contributed by atoms with van der Waals surface area (Å²) in [6.45, 7) is 6.15. The summed E-state index contributed by atoms with van der Waals surface area (Å²) in [6, 6.07) is 4.37. The first-order valence-corrected chi connectivity index (χ1v) is 6.69. The minimum absolute atomic E-state index is 0.171. The number of aryl methyl sites for hydroxylation is 2. The Morgan fingerprint density at radius 2 is 2.06 bits per heavy atom. The van der Waals surface area contributed by atoms with Gasteiger partial charge in [-0.2, -0.15) is 0 Å². The zero-order valence-corrected chi connectivity index (χ0v) is 11.3. The van der Waals surface area contributed by atoms with Crippen molar-refractivity contribution in [1.29, 1.82) is 0 Å². The standard InChI is InChI=1S/C15H20N2O/c1-9-6-10(2)14-12-8-16-5-4-11(12)15(18)17(3)13(14)7-9/h6-7,11-12,16H,4-5,8H2,1-3H3. The lowest BCUT2D eigenvalue weighted by Gasteiger charge is -2.41. The van der Waals surface area contributed by atoms with E-state index < -0.39 is 0 Å². The van der Waals surface area contributed by atoms with E-state index in [1.54, 1.807) is 0 Å². The SMILES string of the molecule is Cc1cc(C)c2c(c1)N(C)C(=O)C1CCNCC21. The van der Waals surface area contributed by atoms with E-state index in [-0.39, 0.29) is 5.92 Å². The number of anilines is 1. The van der Waals surface area contributed by atoms with Crippen LogP contribution in [0.5, 0.6) is 0 Å².